The summed E-state index contributed by atoms with van der Waals surface area (Å²) >= 11 is 3.32. The van der Waals surface area contributed by atoms with E-state index in [1.807, 2.05) is 6.07 Å². The van der Waals surface area contributed by atoms with Gasteiger partial charge in [-0.1, -0.05) is 0 Å². The molecule has 0 bridgehead atoms. The van der Waals surface area contributed by atoms with Gasteiger partial charge in [0.2, 0.25) is 5.91 Å². The molecule has 0 saturated heterocycles. The Kier molecular flexibility index (Phi) is 4.06. The molecule has 18 heavy (non-hydrogen) atoms. The summed E-state index contributed by atoms with van der Waals surface area (Å²) in [5.41, 5.74) is 11.8. The summed E-state index contributed by atoms with van der Waals surface area (Å²) in [5.74, 6) is 0.550. The summed E-state index contributed by atoms with van der Waals surface area (Å²) in [6, 6.07) is 2.14. The van der Waals surface area contributed by atoms with Gasteiger partial charge < -0.3 is 16.8 Å². The number of nitrogens with zero attached hydrogens (tertiary/aromatic N) is 1. The van der Waals surface area contributed by atoms with Crippen LogP contribution in [0.4, 0.5) is 11.5 Å². The van der Waals surface area contributed by atoms with E-state index < -0.39 is 0 Å². The van der Waals surface area contributed by atoms with E-state index in [4.69, 9.17) is 11.5 Å². The fourth-order valence-electron chi connectivity index (χ4n) is 2.29. The van der Waals surface area contributed by atoms with Crippen LogP contribution >= 0.6 is 15.9 Å². The molecular formula is C12H17BrN4O. The number of halogens is 1. The number of carbonyl (C=O) groups is 1. The van der Waals surface area contributed by atoms with Crippen LogP contribution in [0.3, 0.4) is 0 Å². The van der Waals surface area contributed by atoms with Gasteiger partial charge in [0.25, 0.3) is 0 Å². The maximum Gasteiger partial charge on any atom is 0.220 e. The molecule has 5 nitrogen and oxygen atoms in total. The Hall–Kier alpha value is -1.30. The molecule has 0 aliphatic heterocycles. The number of aromatic nitrogens is 1. The lowest BCUT2D eigenvalue weighted by Crippen LogP contribution is -2.32. The number of nitrogens with two attached hydrogens (primary N) is 2. The van der Waals surface area contributed by atoms with Crippen molar-refractivity contribution in [1.82, 2.24) is 4.98 Å². The van der Waals surface area contributed by atoms with Gasteiger partial charge in [0.1, 0.15) is 5.82 Å². The van der Waals surface area contributed by atoms with Crippen molar-refractivity contribution in [2.24, 2.45) is 11.7 Å². The molecule has 1 aliphatic rings. The Morgan fingerprint density at radius 3 is 2.61 bits per heavy atom. The number of pyridine rings is 1. The van der Waals surface area contributed by atoms with Crippen LogP contribution in [0.15, 0.2) is 16.7 Å². The summed E-state index contributed by atoms with van der Waals surface area (Å²) in [4.78, 5) is 15.3. The summed E-state index contributed by atoms with van der Waals surface area (Å²) in [6.07, 6.45) is 5.23. The highest BCUT2D eigenvalue weighted by molar-refractivity contribution is 9.10. The molecule has 0 spiro atoms. The van der Waals surface area contributed by atoms with Gasteiger partial charge in [-0.05, 0) is 47.7 Å². The molecule has 0 atom stereocenters. The number of hydrogen-bond acceptors (Lipinski definition) is 4. The molecule has 5 N–H and O–H groups in total. The van der Waals surface area contributed by atoms with Gasteiger partial charge in [-0.2, -0.15) is 0 Å². The van der Waals surface area contributed by atoms with Crippen molar-refractivity contribution in [3.8, 4) is 0 Å². The van der Waals surface area contributed by atoms with E-state index >= 15 is 0 Å². The normalized spacial score (nSPS) is 23.6. The van der Waals surface area contributed by atoms with Crippen LogP contribution in [-0.4, -0.2) is 16.9 Å². The first-order valence-electron chi connectivity index (χ1n) is 6.03. The Labute approximate surface area is 114 Å². The maximum absolute atomic E-state index is 11.1. The molecule has 1 aromatic heterocycles. The molecular weight excluding hydrogens is 296 g/mol. The van der Waals surface area contributed by atoms with Gasteiger partial charge in [0.05, 0.1) is 5.69 Å². The molecule has 98 valence electrons. The van der Waals surface area contributed by atoms with E-state index in [1.165, 1.54) is 0 Å². The Morgan fingerprint density at radius 1 is 1.39 bits per heavy atom. The highest BCUT2D eigenvalue weighted by Crippen LogP contribution is 2.28. The monoisotopic (exact) mass is 312 g/mol. The van der Waals surface area contributed by atoms with Crippen molar-refractivity contribution >= 4 is 33.3 Å². The number of carbonyl (C=O) groups excluding carboxylic acids is 1. The van der Waals surface area contributed by atoms with Crippen LogP contribution in [-0.2, 0) is 4.79 Å². The Morgan fingerprint density at radius 2 is 2.06 bits per heavy atom. The topological polar surface area (TPSA) is 94.0 Å². The number of amides is 1. The number of nitrogen functional groups attached to an aromatic ring is 1. The first kappa shape index (κ1) is 13.1. The molecule has 0 aromatic carbocycles. The minimum absolute atomic E-state index is 0.0262. The quantitative estimate of drug-likeness (QED) is 0.794. The molecule has 0 unspecified atom stereocenters. The molecule has 6 heteroatoms. The molecule has 1 saturated carbocycles. The Bertz CT molecular complexity index is 444. The zero-order valence-corrected chi connectivity index (χ0v) is 11.6. The van der Waals surface area contributed by atoms with Crippen LogP contribution in [0.25, 0.3) is 0 Å². The van der Waals surface area contributed by atoms with Crippen LogP contribution in [0.1, 0.15) is 25.7 Å². The maximum atomic E-state index is 11.1. The van der Waals surface area contributed by atoms with E-state index in [9.17, 15) is 4.79 Å². The number of anilines is 2. The van der Waals surface area contributed by atoms with E-state index in [1.54, 1.807) is 6.20 Å². The van der Waals surface area contributed by atoms with Crippen molar-refractivity contribution in [3.63, 3.8) is 0 Å². The summed E-state index contributed by atoms with van der Waals surface area (Å²) in [6.45, 7) is 0. The van der Waals surface area contributed by atoms with Gasteiger partial charge in [0, 0.05) is 22.6 Å². The molecule has 1 fully saturated rings. The van der Waals surface area contributed by atoms with Crippen molar-refractivity contribution in [2.75, 3.05) is 11.1 Å². The lowest BCUT2D eigenvalue weighted by atomic mass is 9.85. The molecule has 1 heterocycles. The largest absolute Gasteiger partial charge is 0.396 e. The zero-order chi connectivity index (χ0) is 13.1. The second kappa shape index (κ2) is 5.56. The first-order chi connectivity index (χ1) is 8.56. The third-order valence-corrected chi connectivity index (χ3v) is 3.79. The van der Waals surface area contributed by atoms with E-state index in [2.05, 4.69) is 26.2 Å². The van der Waals surface area contributed by atoms with Crippen molar-refractivity contribution in [1.29, 1.82) is 0 Å². The number of rotatable bonds is 3. The standard InChI is InChI=1S/C12H17BrN4O/c13-8-5-10(14)12(16-6-8)17-9-3-1-7(2-4-9)11(15)18/h5-7,9H,1-4,14H2,(H2,15,18)(H,16,17). The molecule has 0 radical (unpaired) electrons. The van der Waals surface area contributed by atoms with E-state index in [0.717, 1.165) is 30.2 Å². The van der Waals surface area contributed by atoms with Crippen molar-refractivity contribution in [3.05, 3.63) is 16.7 Å². The van der Waals surface area contributed by atoms with Gasteiger partial charge in [0.15, 0.2) is 0 Å². The SMILES string of the molecule is NC(=O)C1CCC(Nc2ncc(Br)cc2N)CC1. The second-order valence-corrected chi connectivity index (χ2v) is 5.60. The van der Waals surface area contributed by atoms with Crippen LogP contribution in [0, 0.1) is 5.92 Å². The predicted molar refractivity (Wildman–Crippen MR) is 74.9 cm³/mol. The van der Waals surface area contributed by atoms with Crippen LogP contribution in [0.2, 0.25) is 0 Å². The Balaban J connectivity index is 1.93. The minimum atomic E-state index is -0.185. The summed E-state index contributed by atoms with van der Waals surface area (Å²) in [7, 11) is 0. The number of nitrogens with one attached hydrogen (secondary N) is 1. The second-order valence-electron chi connectivity index (χ2n) is 4.69. The van der Waals surface area contributed by atoms with E-state index in [0.29, 0.717) is 17.5 Å². The molecule has 1 amide bonds. The summed E-state index contributed by atoms with van der Waals surface area (Å²) in [5, 5.41) is 3.33. The van der Waals surface area contributed by atoms with Crippen molar-refractivity contribution < 1.29 is 4.79 Å². The third-order valence-electron chi connectivity index (χ3n) is 3.35. The third kappa shape index (κ3) is 3.13. The first-order valence-corrected chi connectivity index (χ1v) is 6.82. The lowest BCUT2D eigenvalue weighted by molar-refractivity contribution is -0.122. The van der Waals surface area contributed by atoms with Gasteiger partial charge in [-0.15, -0.1) is 0 Å². The van der Waals surface area contributed by atoms with Gasteiger partial charge in [-0.3, -0.25) is 4.79 Å². The van der Waals surface area contributed by atoms with E-state index in [-0.39, 0.29) is 11.8 Å². The predicted octanol–water partition coefficient (Wildman–Crippen LogP) is 1.88. The molecule has 1 aliphatic carbocycles. The van der Waals surface area contributed by atoms with Crippen LogP contribution in [0.5, 0.6) is 0 Å². The van der Waals surface area contributed by atoms with Crippen molar-refractivity contribution in [2.45, 2.75) is 31.7 Å². The number of primary amides is 1. The summed E-state index contributed by atoms with van der Waals surface area (Å²) < 4.78 is 0.864. The fourth-order valence-corrected chi connectivity index (χ4v) is 2.64. The van der Waals surface area contributed by atoms with Gasteiger partial charge in [-0.25, -0.2) is 4.98 Å². The number of hydrogen-bond donors (Lipinski definition) is 3. The highest BCUT2D eigenvalue weighted by atomic mass is 79.9. The average molecular weight is 313 g/mol. The highest BCUT2D eigenvalue weighted by Gasteiger charge is 2.24. The average Bonchev–Trinajstić information content (AvgIpc) is 2.33. The van der Waals surface area contributed by atoms with Crippen LogP contribution < -0.4 is 16.8 Å². The fraction of sp³-hybridized carbons (Fsp3) is 0.500. The molecule has 1 aromatic rings. The smallest absolute Gasteiger partial charge is 0.220 e. The minimum Gasteiger partial charge on any atom is -0.396 e. The lowest BCUT2D eigenvalue weighted by Gasteiger charge is -2.28. The zero-order valence-electron chi connectivity index (χ0n) is 10.0. The van der Waals surface area contributed by atoms with Gasteiger partial charge >= 0.3 is 0 Å². The molecule has 2 rings (SSSR count).